The Kier molecular flexibility index (Phi) is 13.1. The number of carboxylic acid groups (broad SMARTS) is 2. The summed E-state index contributed by atoms with van der Waals surface area (Å²) in [6, 6.07) is 1.37. The van der Waals surface area contributed by atoms with Gasteiger partial charge in [0, 0.05) is 24.2 Å². The number of methoxy groups -OCH3 is 1. The van der Waals surface area contributed by atoms with E-state index in [2.05, 4.69) is 30.9 Å². The van der Waals surface area contributed by atoms with Gasteiger partial charge in [0.25, 0.3) is 17.7 Å². The molecule has 3 heterocycles. The standard InChI is InChI=1S/C33H38ClN7O12S2/c1-52-31(51)22-15(11-36-10-9-33(7-3-2-4-8-33)14-37-25(44)16-5-6-18(42)23(43)19(16)34)12-54-28-21(27(46)41(22)28)39-26(45)20(17-13-55-32(35)38-17)40-53-24(29(47)48)30(49)50/h5-6,13,21,24,28,36,42-43H,2-4,7-12,14H2,1H3,(H2,35,38)(H,37,44)(H,39,45)(H,47,48)(H,49,50)/b40-20-/t21-,28-/m1/s1. The molecule has 0 radical (unpaired) electrons. The van der Waals surface area contributed by atoms with Crippen LogP contribution in [0.1, 0.15) is 54.6 Å². The zero-order valence-corrected chi connectivity index (χ0v) is 31.6. The van der Waals surface area contributed by atoms with Gasteiger partial charge in [-0.1, -0.05) is 36.0 Å². The monoisotopic (exact) mass is 823 g/mol. The first-order valence-corrected chi connectivity index (χ1v) is 19.1. The lowest BCUT2D eigenvalue weighted by Crippen LogP contribution is -2.71. The summed E-state index contributed by atoms with van der Waals surface area (Å²) in [4.78, 5) is 85.2. The highest BCUT2D eigenvalue weighted by atomic mass is 35.5. The number of halogens is 1. The number of carbonyl (C=O) groups is 6. The maximum atomic E-state index is 13.5. The number of aromatic nitrogens is 1. The van der Waals surface area contributed by atoms with E-state index in [4.69, 9.17) is 32.3 Å². The summed E-state index contributed by atoms with van der Waals surface area (Å²) in [6.45, 7) is 1.08. The molecule has 3 amide bonds. The number of benzene rings is 1. The van der Waals surface area contributed by atoms with Crippen LogP contribution in [-0.2, 0) is 33.5 Å². The highest BCUT2D eigenvalue weighted by molar-refractivity contribution is 8.00. The smallest absolute Gasteiger partial charge is 0.359 e. The maximum Gasteiger partial charge on any atom is 0.359 e. The minimum absolute atomic E-state index is 0.0183. The van der Waals surface area contributed by atoms with E-state index in [0.717, 1.165) is 43.4 Å². The molecule has 22 heteroatoms. The van der Waals surface area contributed by atoms with Crippen LogP contribution in [0.15, 0.2) is 33.9 Å². The van der Waals surface area contributed by atoms with E-state index in [1.807, 2.05) is 0 Å². The molecule has 2 atom stereocenters. The van der Waals surface area contributed by atoms with Gasteiger partial charge < -0.3 is 51.7 Å². The Morgan fingerprint density at radius 3 is 2.49 bits per heavy atom. The molecular weight excluding hydrogens is 786 g/mol. The summed E-state index contributed by atoms with van der Waals surface area (Å²) < 4.78 is 5.01. The van der Waals surface area contributed by atoms with E-state index in [1.165, 1.54) is 41.3 Å². The number of hydrogen-bond acceptors (Lipinski definition) is 16. The molecule has 2 fully saturated rings. The summed E-state index contributed by atoms with van der Waals surface area (Å²) in [5, 5.41) is 50.5. The molecule has 1 aromatic heterocycles. The number of rotatable bonds is 16. The van der Waals surface area contributed by atoms with Crippen molar-refractivity contribution in [3.8, 4) is 11.5 Å². The Morgan fingerprint density at radius 2 is 1.85 bits per heavy atom. The van der Waals surface area contributed by atoms with Crippen LogP contribution in [0.25, 0.3) is 0 Å². The number of carbonyl (C=O) groups excluding carboxylic acids is 4. The molecule has 3 aliphatic rings. The van der Waals surface area contributed by atoms with Crippen molar-refractivity contribution >= 4 is 81.2 Å². The van der Waals surface area contributed by atoms with E-state index in [9.17, 15) is 39.0 Å². The number of aromatic hydroxyl groups is 2. The fraction of sp³-hybridized carbons (Fsp3) is 0.455. The molecule has 1 aliphatic carbocycles. The minimum atomic E-state index is -2.44. The van der Waals surface area contributed by atoms with E-state index in [0.29, 0.717) is 25.1 Å². The van der Waals surface area contributed by atoms with Gasteiger partial charge in [0.1, 0.15) is 22.8 Å². The molecule has 2 aliphatic heterocycles. The predicted octanol–water partition coefficient (Wildman–Crippen LogP) is 1.24. The fourth-order valence-corrected chi connectivity index (χ4v) is 8.66. The van der Waals surface area contributed by atoms with E-state index >= 15 is 0 Å². The number of nitrogen functional groups attached to an aromatic ring is 1. The van der Waals surface area contributed by atoms with Gasteiger partial charge in [0.2, 0.25) is 0 Å². The number of nitrogens with one attached hydrogen (secondary N) is 3. The number of amides is 3. The Morgan fingerprint density at radius 1 is 1.15 bits per heavy atom. The quantitative estimate of drug-likeness (QED) is 0.0225. The van der Waals surface area contributed by atoms with Crippen LogP contribution in [0.4, 0.5) is 5.13 Å². The largest absolute Gasteiger partial charge is 0.504 e. The number of hydrogen-bond donors (Lipinski definition) is 8. The highest BCUT2D eigenvalue weighted by Crippen LogP contribution is 2.42. The third kappa shape index (κ3) is 9.06. The van der Waals surface area contributed by atoms with Crippen LogP contribution in [0.5, 0.6) is 11.5 Å². The van der Waals surface area contributed by atoms with Crippen molar-refractivity contribution in [2.24, 2.45) is 10.6 Å². The second-order valence-corrected chi connectivity index (χ2v) is 15.3. The summed E-state index contributed by atoms with van der Waals surface area (Å²) >= 11 is 8.29. The number of oxime groups is 1. The van der Waals surface area contributed by atoms with Crippen molar-refractivity contribution < 1.29 is 58.8 Å². The predicted molar refractivity (Wildman–Crippen MR) is 197 cm³/mol. The number of fused-ring (bicyclic) bond motifs is 1. The number of anilines is 1. The highest BCUT2D eigenvalue weighted by Gasteiger charge is 2.54. The molecule has 2 aromatic rings. The number of carboxylic acids is 2. The van der Waals surface area contributed by atoms with Crippen molar-refractivity contribution in [1.29, 1.82) is 0 Å². The zero-order chi connectivity index (χ0) is 40.0. The van der Waals surface area contributed by atoms with Crippen molar-refractivity contribution in [2.75, 3.05) is 38.2 Å². The number of aliphatic carboxylic acids is 2. The van der Waals surface area contributed by atoms with Crippen LogP contribution in [0.2, 0.25) is 5.02 Å². The summed E-state index contributed by atoms with van der Waals surface area (Å²) in [7, 11) is 1.18. The molecule has 0 spiro atoms. The number of nitrogens with two attached hydrogens (primary N) is 1. The number of phenolic OH excluding ortho intramolecular Hbond substituents is 2. The van der Waals surface area contributed by atoms with Crippen LogP contribution < -0.4 is 21.7 Å². The number of thiazole rings is 1. The minimum Gasteiger partial charge on any atom is -0.504 e. The van der Waals surface area contributed by atoms with Crippen molar-refractivity contribution in [3.63, 3.8) is 0 Å². The zero-order valence-electron chi connectivity index (χ0n) is 29.2. The number of ether oxygens (including phenoxy) is 1. The van der Waals surface area contributed by atoms with Gasteiger partial charge in [-0.2, -0.15) is 0 Å². The van der Waals surface area contributed by atoms with Crippen LogP contribution >= 0.6 is 34.7 Å². The van der Waals surface area contributed by atoms with Gasteiger partial charge in [-0.3, -0.25) is 19.3 Å². The van der Waals surface area contributed by atoms with Crippen LogP contribution in [0, 0.1) is 5.41 Å². The molecule has 19 nitrogen and oxygen atoms in total. The van der Waals surface area contributed by atoms with Gasteiger partial charge in [-0.25, -0.2) is 19.4 Å². The SMILES string of the molecule is COC(=O)C1=C(CNCCC2(CNC(=O)c3ccc(O)c(O)c3Cl)CCCCC2)CS[C@@H]2[C@H](NC(=O)/C(=N\OC(C(=O)O)C(=O)O)c3csc(N)n3)C(=O)N12. The molecule has 5 rings (SSSR count). The van der Waals surface area contributed by atoms with E-state index < -0.39 is 70.4 Å². The van der Waals surface area contributed by atoms with E-state index in [1.54, 1.807) is 0 Å². The normalized spacial score (nSPS) is 19.3. The Bertz CT molecular complexity index is 1920. The molecule has 1 saturated carbocycles. The lowest BCUT2D eigenvalue weighted by Gasteiger charge is -2.49. The van der Waals surface area contributed by atoms with Crippen LogP contribution in [0.3, 0.4) is 0 Å². The van der Waals surface area contributed by atoms with Gasteiger partial charge in [-0.15, -0.1) is 23.1 Å². The van der Waals surface area contributed by atoms with Crippen LogP contribution in [-0.4, -0.2) is 122 Å². The van der Waals surface area contributed by atoms with E-state index in [-0.39, 0.29) is 44.8 Å². The first kappa shape index (κ1) is 41.1. The molecule has 55 heavy (non-hydrogen) atoms. The van der Waals surface area contributed by atoms with Gasteiger partial charge in [0.05, 0.1) is 17.7 Å². The molecule has 0 unspecified atom stereocenters. The molecule has 0 bridgehead atoms. The Hall–Kier alpha value is -5.12. The second kappa shape index (κ2) is 17.6. The molecule has 1 aromatic carbocycles. The Labute approximate surface area is 326 Å². The van der Waals surface area contributed by atoms with Gasteiger partial charge in [-0.05, 0) is 48.9 Å². The number of β-lactam (4-membered cyclic amide) rings is 1. The van der Waals surface area contributed by atoms with Crippen molar-refractivity contribution in [3.05, 3.63) is 45.1 Å². The Balaban J connectivity index is 1.23. The third-order valence-electron chi connectivity index (χ3n) is 9.44. The number of thioether (sulfide) groups is 1. The van der Waals surface area contributed by atoms with Gasteiger partial charge in [0.15, 0.2) is 22.3 Å². The molecule has 9 N–H and O–H groups in total. The summed E-state index contributed by atoms with van der Waals surface area (Å²) in [5.74, 6) is -7.39. The average molecular weight is 824 g/mol. The first-order chi connectivity index (χ1) is 26.2. The summed E-state index contributed by atoms with van der Waals surface area (Å²) in [6.07, 6.45) is 2.98. The first-order valence-electron chi connectivity index (χ1n) is 16.8. The summed E-state index contributed by atoms with van der Waals surface area (Å²) in [5.41, 5.74) is 5.30. The topological polar surface area (TPSA) is 292 Å². The number of esters is 1. The lowest BCUT2D eigenvalue weighted by molar-refractivity contribution is -0.165. The third-order valence-corrected chi connectivity index (χ3v) is 11.8. The second-order valence-electron chi connectivity index (χ2n) is 12.9. The molecular formula is C33H38ClN7O12S2. The maximum absolute atomic E-state index is 13.5. The van der Waals surface area contributed by atoms with Crippen molar-refractivity contribution in [1.82, 2.24) is 25.8 Å². The van der Waals surface area contributed by atoms with Gasteiger partial charge >= 0.3 is 24.0 Å². The van der Waals surface area contributed by atoms with Crippen molar-refractivity contribution in [2.45, 2.75) is 56.0 Å². The molecule has 1 saturated heterocycles. The fourth-order valence-electron chi connectivity index (χ4n) is 6.52. The average Bonchev–Trinajstić information content (AvgIpc) is 3.60. The number of nitrogens with zero attached hydrogens (tertiary/aromatic N) is 3. The molecule has 296 valence electrons. The number of phenols is 2. The lowest BCUT2D eigenvalue weighted by atomic mass is 9.71.